The van der Waals surface area contributed by atoms with Crippen LogP contribution in [-0.4, -0.2) is 33.3 Å². The van der Waals surface area contributed by atoms with E-state index < -0.39 is 6.09 Å². The van der Waals surface area contributed by atoms with Gasteiger partial charge in [-0.15, -0.1) is 0 Å². The van der Waals surface area contributed by atoms with E-state index in [4.69, 9.17) is 25.2 Å². The number of hydrogen-bond acceptors (Lipinski definition) is 8. The molecule has 2 heterocycles. The van der Waals surface area contributed by atoms with Gasteiger partial charge >= 0.3 is 6.09 Å². The molecule has 0 bridgehead atoms. The highest BCUT2D eigenvalue weighted by atomic mass is 16.6. The van der Waals surface area contributed by atoms with Gasteiger partial charge in [-0.1, -0.05) is 19.1 Å². The van der Waals surface area contributed by atoms with E-state index in [-0.39, 0.29) is 24.0 Å². The van der Waals surface area contributed by atoms with Gasteiger partial charge < -0.3 is 19.9 Å². The Hall–Kier alpha value is -4.19. The molecule has 1 unspecified atom stereocenters. The van der Waals surface area contributed by atoms with Gasteiger partial charge in [-0.2, -0.15) is 5.26 Å². The summed E-state index contributed by atoms with van der Waals surface area (Å²) < 4.78 is 16.5. The predicted octanol–water partition coefficient (Wildman–Crippen LogP) is 3.69. The second-order valence-corrected chi connectivity index (χ2v) is 7.44. The Morgan fingerprint density at radius 2 is 1.66 bits per heavy atom. The van der Waals surface area contributed by atoms with E-state index in [1.165, 1.54) is 12.4 Å². The summed E-state index contributed by atoms with van der Waals surface area (Å²) in [5, 5.41) is 8.75. The van der Waals surface area contributed by atoms with Crippen molar-refractivity contribution < 1.29 is 19.0 Å². The largest absolute Gasteiger partial charge is 0.489 e. The molecule has 1 amide bonds. The van der Waals surface area contributed by atoms with Crippen molar-refractivity contribution in [3.63, 3.8) is 0 Å². The number of nitrogens with zero attached hydrogens (tertiary/aromatic N) is 4. The summed E-state index contributed by atoms with van der Waals surface area (Å²) in [6, 6.07) is 13.4. The van der Waals surface area contributed by atoms with Crippen molar-refractivity contribution in [3.8, 4) is 23.3 Å². The minimum Gasteiger partial charge on any atom is -0.489 e. The van der Waals surface area contributed by atoms with Crippen molar-refractivity contribution in [2.75, 3.05) is 0 Å². The number of primary amides is 1. The Kier molecular flexibility index (Phi) is 6.12. The van der Waals surface area contributed by atoms with Crippen molar-refractivity contribution in [1.82, 2.24) is 15.0 Å². The maximum atomic E-state index is 10.7. The lowest BCUT2D eigenvalue weighted by Crippen LogP contribution is -2.41. The van der Waals surface area contributed by atoms with Crippen LogP contribution >= 0.6 is 0 Å². The van der Waals surface area contributed by atoms with E-state index in [0.29, 0.717) is 30.1 Å². The lowest BCUT2D eigenvalue weighted by molar-refractivity contribution is -0.0198. The summed E-state index contributed by atoms with van der Waals surface area (Å²) in [6.45, 7) is 2.07. The van der Waals surface area contributed by atoms with Crippen LogP contribution in [0.2, 0.25) is 0 Å². The number of rotatable bonds is 7. The third kappa shape index (κ3) is 5.10. The van der Waals surface area contributed by atoms with Crippen LogP contribution in [0.15, 0.2) is 55.0 Å². The number of nitriles is 1. The van der Waals surface area contributed by atoms with Gasteiger partial charge in [-0.3, -0.25) is 4.98 Å². The molecule has 2 N–H and O–H groups in total. The van der Waals surface area contributed by atoms with Crippen molar-refractivity contribution in [3.05, 3.63) is 72.1 Å². The first-order valence-electron chi connectivity index (χ1n) is 10.1. The zero-order valence-electron chi connectivity index (χ0n) is 17.3. The summed E-state index contributed by atoms with van der Waals surface area (Å²) in [5.41, 5.74) is 7.01. The molecule has 3 aromatic rings. The van der Waals surface area contributed by atoms with Crippen molar-refractivity contribution in [1.29, 1.82) is 5.26 Å². The van der Waals surface area contributed by atoms with Gasteiger partial charge in [-0.25, -0.2) is 14.8 Å². The topological polar surface area (TPSA) is 133 Å². The van der Waals surface area contributed by atoms with Gasteiger partial charge in [-0.05, 0) is 29.8 Å². The molecule has 2 aromatic heterocycles. The molecule has 9 heteroatoms. The Labute approximate surface area is 184 Å². The molecule has 1 saturated carbocycles. The first kappa shape index (κ1) is 21.1. The number of hydrogen-bond donors (Lipinski definition) is 1. The molecule has 1 fully saturated rings. The number of amides is 1. The number of aromatic nitrogens is 3. The first-order chi connectivity index (χ1) is 15.5. The number of benzene rings is 1. The lowest BCUT2D eigenvalue weighted by Gasteiger charge is -2.34. The summed E-state index contributed by atoms with van der Waals surface area (Å²) in [4.78, 5) is 23.0. The maximum absolute atomic E-state index is 10.7. The Bertz CT molecular complexity index is 1110. The molecular formula is C23H21N5O4. The molecule has 1 atom stereocenters. The first-order valence-corrected chi connectivity index (χ1v) is 10.1. The average molecular weight is 431 g/mol. The van der Waals surface area contributed by atoms with Gasteiger partial charge in [0, 0.05) is 24.5 Å². The average Bonchev–Trinajstić information content (AvgIpc) is 2.78. The van der Waals surface area contributed by atoms with Gasteiger partial charge in [0.1, 0.15) is 29.8 Å². The highest BCUT2D eigenvalue weighted by Crippen LogP contribution is 2.30. The normalized spacial score (nSPS) is 18.0. The third-order valence-electron chi connectivity index (χ3n) is 5.18. The SMILES string of the molecule is CC(c1ccc(Oc2cnc(C#N)nc2)cc1)c1ccc(OC2CC(OC(N)=O)C2)cn1. The minimum absolute atomic E-state index is 0.00141. The zero-order chi connectivity index (χ0) is 22.5. The van der Waals surface area contributed by atoms with E-state index in [2.05, 4.69) is 21.9 Å². The summed E-state index contributed by atoms with van der Waals surface area (Å²) in [7, 11) is 0. The van der Waals surface area contributed by atoms with Crippen LogP contribution < -0.4 is 15.2 Å². The second-order valence-electron chi connectivity index (χ2n) is 7.44. The van der Waals surface area contributed by atoms with E-state index in [0.717, 1.165) is 11.3 Å². The summed E-state index contributed by atoms with van der Waals surface area (Å²) in [5.74, 6) is 1.95. The van der Waals surface area contributed by atoms with Crippen LogP contribution in [0, 0.1) is 11.3 Å². The Morgan fingerprint density at radius 1 is 1.00 bits per heavy atom. The highest BCUT2D eigenvalue weighted by molar-refractivity contribution is 5.64. The zero-order valence-corrected chi connectivity index (χ0v) is 17.3. The third-order valence-corrected chi connectivity index (χ3v) is 5.18. The number of nitrogens with two attached hydrogens (primary N) is 1. The van der Waals surface area contributed by atoms with Crippen molar-refractivity contribution >= 4 is 6.09 Å². The van der Waals surface area contributed by atoms with Gasteiger partial charge in [0.25, 0.3) is 0 Å². The van der Waals surface area contributed by atoms with Gasteiger partial charge in [0.2, 0.25) is 5.82 Å². The Morgan fingerprint density at radius 3 is 2.25 bits per heavy atom. The molecule has 32 heavy (non-hydrogen) atoms. The van der Waals surface area contributed by atoms with Crippen LogP contribution in [0.1, 0.15) is 42.8 Å². The fourth-order valence-corrected chi connectivity index (χ4v) is 3.34. The molecule has 0 spiro atoms. The number of carbonyl (C=O) groups is 1. The summed E-state index contributed by atoms with van der Waals surface area (Å²) >= 11 is 0. The van der Waals surface area contributed by atoms with Crippen LogP contribution in [0.25, 0.3) is 0 Å². The Balaban J connectivity index is 1.32. The molecule has 162 valence electrons. The van der Waals surface area contributed by atoms with Crippen LogP contribution in [0.4, 0.5) is 4.79 Å². The standard InChI is InChI=1S/C23H21N5O4/c1-14(15-2-4-16(5-3-15)30-20-12-27-22(10-24)28-13-20)21-7-6-17(11-26-21)31-18-8-19(9-18)32-23(25)29/h2-7,11-14,18-19H,8-9H2,1H3,(H2,25,29). The molecule has 1 aliphatic carbocycles. The summed E-state index contributed by atoms with van der Waals surface area (Å²) in [6.07, 6.45) is 4.97. The molecule has 4 rings (SSSR count). The van der Waals surface area contributed by atoms with Crippen molar-refractivity contribution in [2.45, 2.75) is 37.9 Å². The molecule has 1 aliphatic rings. The molecule has 0 radical (unpaired) electrons. The van der Waals surface area contributed by atoms with Crippen LogP contribution in [0.5, 0.6) is 17.2 Å². The van der Waals surface area contributed by atoms with E-state index >= 15 is 0 Å². The van der Waals surface area contributed by atoms with E-state index in [1.807, 2.05) is 42.5 Å². The van der Waals surface area contributed by atoms with E-state index in [9.17, 15) is 4.79 Å². The molecule has 9 nitrogen and oxygen atoms in total. The van der Waals surface area contributed by atoms with Crippen molar-refractivity contribution in [2.24, 2.45) is 5.73 Å². The number of ether oxygens (including phenoxy) is 3. The van der Waals surface area contributed by atoms with Gasteiger partial charge in [0.15, 0.2) is 5.75 Å². The fraction of sp³-hybridized carbons (Fsp3) is 0.261. The predicted molar refractivity (Wildman–Crippen MR) is 113 cm³/mol. The number of pyridine rings is 1. The van der Waals surface area contributed by atoms with Crippen LogP contribution in [-0.2, 0) is 4.74 Å². The van der Waals surface area contributed by atoms with Gasteiger partial charge in [0.05, 0.1) is 18.6 Å². The monoisotopic (exact) mass is 431 g/mol. The molecule has 0 saturated heterocycles. The quantitative estimate of drug-likeness (QED) is 0.599. The highest BCUT2D eigenvalue weighted by Gasteiger charge is 2.33. The lowest BCUT2D eigenvalue weighted by atomic mass is 9.92. The molecular weight excluding hydrogens is 410 g/mol. The number of carbonyl (C=O) groups excluding carboxylic acids is 1. The minimum atomic E-state index is -0.753. The fourth-order valence-electron chi connectivity index (χ4n) is 3.34. The maximum Gasteiger partial charge on any atom is 0.404 e. The molecule has 0 aliphatic heterocycles. The molecule has 1 aromatic carbocycles. The van der Waals surface area contributed by atoms with Crippen LogP contribution in [0.3, 0.4) is 0 Å². The smallest absolute Gasteiger partial charge is 0.404 e. The van der Waals surface area contributed by atoms with E-state index in [1.54, 1.807) is 6.20 Å². The second kappa shape index (κ2) is 9.31.